The van der Waals surface area contributed by atoms with Crippen molar-refractivity contribution in [3.8, 4) is 5.75 Å². The maximum absolute atomic E-state index is 12.0. The summed E-state index contributed by atoms with van der Waals surface area (Å²) < 4.78 is 36.9. The van der Waals surface area contributed by atoms with E-state index in [9.17, 15) is 8.42 Å². The molecule has 0 saturated carbocycles. The zero-order chi connectivity index (χ0) is 15.0. The molecule has 0 saturated heterocycles. The van der Waals surface area contributed by atoms with E-state index in [1.54, 1.807) is 19.1 Å². The van der Waals surface area contributed by atoms with E-state index in [0.29, 0.717) is 18.2 Å². The minimum atomic E-state index is -3.51. The minimum Gasteiger partial charge on any atom is -0.494 e. The Labute approximate surface area is 125 Å². The van der Waals surface area contributed by atoms with Gasteiger partial charge in [-0.2, -0.15) is 0 Å². The van der Waals surface area contributed by atoms with Gasteiger partial charge in [0.15, 0.2) is 0 Å². The van der Waals surface area contributed by atoms with Gasteiger partial charge in [0.2, 0.25) is 10.0 Å². The highest BCUT2D eigenvalue weighted by molar-refractivity contribution is 7.89. The molecule has 0 fully saturated rings. The van der Waals surface area contributed by atoms with Gasteiger partial charge in [-0.15, -0.1) is 11.6 Å². The van der Waals surface area contributed by atoms with Crippen LogP contribution < -0.4 is 9.46 Å². The van der Waals surface area contributed by atoms with Crippen LogP contribution in [0.4, 0.5) is 0 Å². The molecule has 1 atom stereocenters. The van der Waals surface area contributed by atoms with Crippen LogP contribution in [0.1, 0.15) is 13.3 Å². The van der Waals surface area contributed by atoms with Gasteiger partial charge in [-0.1, -0.05) is 0 Å². The number of ether oxygens (including phenoxy) is 2. The maximum atomic E-state index is 12.0. The molecule has 0 aliphatic rings. The summed E-state index contributed by atoms with van der Waals surface area (Å²) in [6, 6.07) is 6.27. The van der Waals surface area contributed by atoms with Crippen molar-refractivity contribution >= 4 is 21.6 Å². The van der Waals surface area contributed by atoms with Crippen LogP contribution in [-0.2, 0) is 14.8 Å². The normalized spacial score (nSPS) is 13.2. The molecule has 1 aromatic rings. The van der Waals surface area contributed by atoms with Gasteiger partial charge in [0.05, 0.1) is 17.6 Å². The van der Waals surface area contributed by atoms with Crippen molar-refractivity contribution in [3.05, 3.63) is 24.3 Å². The third-order valence-electron chi connectivity index (χ3n) is 2.64. The number of hydrogen-bond donors (Lipinski definition) is 1. The largest absolute Gasteiger partial charge is 0.494 e. The molecular weight excluding hydrogens is 302 g/mol. The SMILES string of the molecule is COC(C)CNS(=O)(=O)c1ccc(OCCCCl)cc1. The molecule has 0 bridgehead atoms. The van der Waals surface area contributed by atoms with Crippen molar-refractivity contribution in [2.45, 2.75) is 24.3 Å². The van der Waals surface area contributed by atoms with Crippen LogP contribution in [0.5, 0.6) is 5.75 Å². The molecule has 20 heavy (non-hydrogen) atoms. The second-order valence-corrected chi connectivity index (χ2v) is 6.41. The molecule has 1 unspecified atom stereocenters. The predicted octanol–water partition coefficient (Wildman–Crippen LogP) is 2.01. The first-order valence-electron chi connectivity index (χ1n) is 6.31. The number of nitrogens with one attached hydrogen (secondary N) is 1. The fourth-order valence-corrected chi connectivity index (χ4v) is 2.58. The molecule has 1 N–H and O–H groups in total. The highest BCUT2D eigenvalue weighted by Crippen LogP contribution is 2.16. The molecule has 7 heteroatoms. The lowest BCUT2D eigenvalue weighted by atomic mass is 10.3. The Morgan fingerprint density at radius 3 is 2.50 bits per heavy atom. The number of sulfonamides is 1. The fraction of sp³-hybridized carbons (Fsp3) is 0.538. The zero-order valence-corrected chi connectivity index (χ0v) is 13.2. The zero-order valence-electron chi connectivity index (χ0n) is 11.6. The van der Waals surface area contributed by atoms with Gasteiger partial charge in [0.25, 0.3) is 0 Å². The van der Waals surface area contributed by atoms with Crippen LogP contribution in [0.25, 0.3) is 0 Å². The summed E-state index contributed by atoms with van der Waals surface area (Å²) in [5.74, 6) is 1.16. The summed E-state index contributed by atoms with van der Waals surface area (Å²) in [5.41, 5.74) is 0. The lowest BCUT2D eigenvalue weighted by Gasteiger charge is -2.12. The first-order chi connectivity index (χ1) is 9.49. The van der Waals surface area contributed by atoms with Crippen molar-refractivity contribution in [2.75, 3.05) is 26.1 Å². The average Bonchev–Trinajstić information content (AvgIpc) is 2.45. The Morgan fingerprint density at radius 2 is 1.95 bits per heavy atom. The van der Waals surface area contributed by atoms with Crippen molar-refractivity contribution in [1.29, 1.82) is 0 Å². The van der Waals surface area contributed by atoms with Crippen molar-refractivity contribution in [2.24, 2.45) is 0 Å². The first-order valence-corrected chi connectivity index (χ1v) is 8.32. The maximum Gasteiger partial charge on any atom is 0.240 e. The molecule has 1 aromatic carbocycles. The van der Waals surface area contributed by atoms with Gasteiger partial charge in [-0.3, -0.25) is 0 Å². The Hall–Kier alpha value is -0.820. The van der Waals surface area contributed by atoms with Gasteiger partial charge in [-0.25, -0.2) is 13.1 Å². The van der Waals surface area contributed by atoms with E-state index in [1.807, 2.05) is 0 Å². The summed E-state index contributed by atoms with van der Waals surface area (Å²) in [7, 11) is -1.98. The molecule has 1 rings (SSSR count). The smallest absolute Gasteiger partial charge is 0.240 e. The lowest BCUT2D eigenvalue weighted by Crippen LogP contribution is -2.31. The summed E-state index contributed by atoms with van der Waals surface area (Å²) in [6.07, 6.45) is 0.570. The molecule has 0 aliphatic carbocycles. The minimum absolute atomic E-state index is 0.178. The molecule has 0 aromatic heterocycles. The monoisotopic (exact) mass is 321 g/mol. The van der Waals surface area contributed by atoms with Crippen molar-refractivity contribution in [3.63, 3.8) is 0 Å². The molecule has 0 amide bonds. The van der Waals surface area contributed by atoms with E-state index in [1.165, 1.54) is 19.2 Å². The Balaban J connectivity index is 2.62. The van der Waals surface area contributed by atoms with E-state index in [4.69, 9.17) is 21.1 Å². The number of alkyl halides is 1. The van der Waals surface area contributed by atoms with Crippen molar-refractivity contribution < 1.29 is 17.9 Å². The van der Waals surface area contributed by atoms with Crippen LogP contribution in [0.2, 0.25) is 0 Å². The Morgan fingerprint density at radius 1 is 1.30 bits per heavy atom. The van der Waals surface area contributed by atoms with Crippen LogP contribution in [0.3, 0.4) is 0 Å². The summed E-state index contributed by atoms with van der Waals surface area (Å²) in [5, 5.41) is 0. The quantitative estimate of drug-likeness (QED) is 0.558. The van der Waals surface area contributed by atoms with Crippen LogP contribution in [-0.4, -0.2) is 40.7 Å². The Kier molecular flexibility index (Phi) is 7.29. The van der Waals surface area contributed by atoms with E-state index >= 15 is 0 Å². The summed E-state index contributed by atoms with van der Waals surface area (Å²) >= 11 is 5.55. The highest BCUT2D eigenvalue weighted by Gasteiger charge is 2.14. The number of benzene rings is 1. The second kappa shape index (κ2) is 8.46. The van der Waals surface area contributed by atoms with Gasteiger partial charge >= 0.3 is 0 Å². The number of methoxy groups -OCH3 is 1. The molecule has 0 heterocycles. The van der Waals surface area contributed by atoms with E-state index in [2.05, 4.69) is 4.72 Å². The van der Waals surface area contributed by atoms with E-state index < -0.39 is 10.0 Å². The second-order valence-electron chi connectivity index (χ2n) is 4.26. The lowest BCUT2D eigenvalue weighted by molar-refractivity contribution is 0.122. The molecule has 0 aliphatic heterocycles. The molecule has 5 nitrogen and oxygen atoms in total. The van der Waals surface area contributed by atoms with Gasteiger partial charge in [0.1, 0.15) is 5.75 Å². The van der Waals surface area contributed by atoms with E-state index in [-0.39, 0.29) is 17.5 Å². The summed E-state index contributed by atoms with van der Waals surface area (Å²) in [6.45, 7) is 2.53. The molecule has 0 spiro atoms. The molecular formula is C13H20ClNO4S. The number of halogens is 1. The van der Waals surface area contributed by atoms with Crippen LogP contribution >= 0.6 is 11.6 Å². The van der Waals surface area contributed by atoms with Gasteiger partial charge in [0, 0.05) is 19.5 Å². The third kappa shape index (κ3) is 5.66. The average molecular weight is 322 g/mol. The Bertz CT molecular complexity index is 490. The van der Waals surface area contributed by atoms with Crippen LogP contribution in [0, 0.1) is 0 Å². The van der Waals surface area contributed by atoms with E-state index in [0.717, 1.165) is 6.42 Å². The summed E-state index contributed by atoms with van der Waals surface area (Å²) in [4.78, 5) is 0.200. The van der Waals surface area contributed by atoms with Crippen molar-refractivity contribution in [1.82, 2.24) is 4.72 Å². The van der Waals surface area contributed by atoms with Crippen LogP contribution in [0.15, 0.2) is 29.2 Å². The number of rotatable bonds is 9. The molecule has 0 radical (unpaired) electrons. The topological polar surface area (TPSA) is 64.6 Å². The first kappa shape index (κ1) is 17.2. The van der Waals surface area contributed by atoms with Gasteiger partial charge in [-0.05, 0) is 37.6 Å². The highest BCUT2D eigenvalue weighted by atomic mass is 35.5. The van der Waals surface area contributed by atoms with Gasteiger partial charge < -0.3 is 9.47 Å². The predicted molar refractivity (Wildman–Crippen MR) is 78.9 cm³/mol. The third-order valence-corrected chi connectivity index (χ3v) is 4.35. The fourth-order valence-electron chi connectivity index (χ4n) is 1.35. The standard InChI is InChI=1S/C13H20ClNO4S/c1-11(18-2)10-15-20(16,17)13-6-4-12(5-7-13)19-9-3-8-14/h4-7,11,15H,3,8-10H2,1-2H3. The molecule has 114 valence electrons. The number of hydrogen-bond acceptors (Lipinski definition) is 4.